The monoisotopic (exact) mass is 490 g/mol. The number of benzene rings is 1. The first kappa shape index (κ1) is 23.8. The second-order valence-corrected chi connectivity index (χ2v) is 9.18. The number of carbonyl (C=O) groups excluding carboxylic acids is 1. The predicted molar refractivity (Wildman–Crippen MR) is 128 cm³/mol. The van der Waals surface area contributed by atoms with Crippen molar-refractivity contribution >= 4 is 39.1 Å². The summed E-state index contributed by atoms with van der Waals surface area (Å²) in [6, 6.07) is 7.80. The van der Waals surface area contributed by atoms with Crippen molar-refractivity contribution in [3.05, 3.63) is 51.1 Å². The van der Waals surface area contributed by atoms with E-state index in [0.717, 1.165) is 29.6 Å². The van der Waals surface area contributed by atoms with E-state index in [0.29, 0.717) is 46.2 Å². The lowest BCUT2D eigenvalue weighted by Crippen LogP contribution is -2.43. The van der Waals surface area contributed by atoms with Gasteiger partial charge in [-0.25, -0.2) is 4.98 Å². The summed E-state index contributed by atoms with van der Waals surface area (Å²) in [6.07, 6.45) is 0. The number of methoxy groups -OCH3 is 2. The van der Waals surface area contributed by atoms with E-state index >= 15 is 0 Å². The number of morpholine rings is 1. The van der Waals surface area contributed by atoms with Crippen molar-refractivity contribution in [2.24, 2.45) is 0 Å². The molecule has 0 radical (unpaired) electrons. The molecule has 1 N–H and O–H groups in total. The quantitative estimate of drug-likeness (QED) is 0.516. The molecule has 4 rings (SSSR count). The van der Waals surface area contributed by atoms with Crippen LogP contribution in [0.3, 0.4) is 0 Å². The SMILES string of the molecule is COCc1nc(OC)c2c(C)c(C(=O)NCC(c3ccc(Cl)cc3)N3CCOCC3)sc2n1. The molecule has 3 heterocycles. The molecule has 1 fully saturated rings. The highest BCUT2D eigenvalue weighted by Crippen LogP contribution is 2.35. The third-order valence-corrected chi connectivity index (χ3v) is 7.11. The fourth-order valence-electron chi connectivity index (χ4n) is 4.00. The highest BCUT2D eigenvalue weighted by molar-refractivity contribution is 7.20. The van der Waals surface area contributed by atoms with Crippen LogP contribution in [0.1, 0.15) is 32.7 Å². The Labute approximate surface area is 201 Å². The minimum Gasteiger partial charge on any atom is -0.480 e. The molecule has 0 bridgehead atoms. The van der Waals surface area contributed by atoms with Gasteiger partial charge in [-0.2, -0.15) is 4.98 Å². The van der Waals surface area contributed by atoms with E-state index in [1.54, 1.807) is 14.2 Å². The fraction of sp³-hybridized carbons (Fsp3) is 0.435. The van der Waals surface area contributed by atoms with Gasteiger partial charge in [0.2, 0.25) is 5.88 Å². The number of nitrogens with zero attached hydrogens (tertiary/aromatic N) is 3. The van der Waals surface area contributed by atoms with Crippen molar-refractivity contribution in [1.29, 1.82) is 0 Å². The summed E-state index contributed by atoms with van der Waals surface area (Å²) in [4.78, 5) is 25.8. The number of carbonyl (C=O) groups is 1. The molecule has 1 amide bonds. The summed E-state index contributed by atoms with van der Waals surface area (Å²) >= 11 is 7.43. The van der Waals surface area contributed by atoms with Crippen LogP contribution in [0.2, 0.25) is 5.02 Å². The molecule has 176 valence electrons. The van der Waals surface area contributed by atoms with Crippen molar-refractivity contribution in [2.75, 3.05) is 47.1 Å². The van der Waals surface area contributed by atoms with Crippen LogP contribution in [0.5, 0.6) is 5.88 Å². The summed E-state index contributed by atoms with van der Waals surface area (Å²) in [7, 11) is 3.15. The van der Waals surface area contributed by atoms with Gasteiger partial charge in [-0.05, 0) is 30.2 Å². The number of hydrogen-bond acceptors (Lipinski definition) is 8. The molecule has 1 aliphatic rings. The number of hydrogen-bond donors (Lipinski definition) is 1. The Bertz CT molecular complexity index is 1120. The lowest BCUT2D eigenvalue weighted by molar-refractivity contribution is 0.0162. The van der Waals surface area contributed by atoms with Gasteiger partial charge in [-0.1, -0.05) is 23.7 Å². The predicted octanol–water partition coefficient (Wildman–Crippen LogP) is 3.61. The number of amides is 1. The lowest BCUT2D eigenvalue weighted by Gasteiger charge is -2.35. The van der Waals surface area contributed by atoms with Crippen LogP contribution in [0.15, 0.2) is 24.3 Å². The summed E-state index contributed by atoms with van der Waals surface area (Å²) in [5.41, 5.74) is 1.91. The summed E-state index contributed by atoms with van der Waals surface area (Å²) < 4.78 is 16.1. The highest BCUT2D eigenvalue weighted by Gasteiger charge is 2.25. The minimum atomic E-state index is -0.141. The number of rotatable bonds is 8. The van der Waals surface area contributed by atoms with E-state index in [2.05, 4.69) is 20.2 Å². The molecule has 1 unspecified atom stereocenters. The first-order valence-corrected chi connectivity index (χ1v) is 11.9. The Morgan fingerprint density at radius 2 is 1.97 bits per heavy atom. The van der Waals surface area contributed by atoms with Gasteiger partial charge in [0, 0.05) is 31.8 Å². The van der Waals surface area contributed by atoms with Gasteiger partial charge >= 0.3 is 0 Å². The van der Waals surface area contributed by atoms with Gasteiger partial charge in [-0.15, -0.1) is 11.3 Å². The maximum Gasteiger partial charge on any atom is 0.261 e. The van der Waals surface area contributed by atoms with Crippen LogP contribution in [0, 0.1) is 6.92 Å². The molecule has 2 aromatic heterocycles. The molecular weight excluding hydrogens is 464 g/mol. The zero-order valence-electron chi connectivity index (χ0n) is 18.9. The number of thiophene rings is 1. The third kappa shape index (κ3) is 5.28. The average molecular weight is 491 g/mol. The van der Waals surface area contributed by atoms with Crippen molar-refractivity contribution < 1.29 is 19.0 Å². The smallest absolute Gasteiger partial charge is 0.261 e. The molecule has 0 aliphatic carbocycles. The van der Waals surface area contributed by atoms with Gasteiger partial charge in [0.1, 0.15) is 11.4 Å². The highest BCUT2D eigenvalue weighted by atomic mass is 35.5. The van der Waals surface area contributed by atoms with Crippen molar-refractivity contribution in [1.82, 2.24) is 20.2 Å². The van der Waals surface area contributed by atoms with Crippen molar-refractivity contribution in [3.8, 4) is 5.88 Å². The number of fused-ring (bicyclic) bond motifs is 1. The Balaban J connectivity index is 1.58. The van der Waals surface area contributed by atoms with Crippen LogP contribution in [-0.2, 0) is 16.1 Å². The van der Waals surface area contributed by atoms with Crippen LogP contribution >= 0.6 is 22.9 Å². The second-order valence-electron chi connectivity index (χ2n) is 7.74. The standard InChI is InChI=1S/C23H27ClN4O4S/c1-14-19-22(31-3)26-18(13-30-2)27-23(19)33-20(14)21(29)25-12-17(28-8-10-32-11-9-28)15-4-6-16(24)7-5-15/h4-7,17H,8-13H2,1-3H3,(H,25,29). The van der Waals surface area contributed by atoms with E-state index in [9.17, 15) is 4.79 Å². The van der Waals surface area contributed by atoms with Gasteiger partial charge in [0.05, 0.1) is 36.6 Å². The van der Waals surface area contributed by atoms with Gasteiger partial charge in [0.15, 0.2) is 5.82 Å². The largest absolute Gasteiger partial charge is 0.480 e. The lowest BCUT2D eigenvalue weighted by atomic mass is 10.0. The van der Waals surface area contributed by atoms with Crippen LogP contribution in [0.4, 0.5) is 0 Å². The van der Waals surface area contributed by atoms with E-state index in [1.165, 1.54) is 11.3 Å². The molecule has 1 atom stereocenters. The van der Waals surface area contributed by atoms with Crippen LogP contribution < -0.4 is 10.1 Å². The minimum absolute atomic E-state index is 0.0208. The zero-order valence-corrected chi connectivity index (χ0v) is 20.5. The topological polar surface area (TPSA) is 85.8 Å². The Morgan fingerprint density at radius 3 is 2.64 bits per heavy atom. The van der Waals surface area contributed by atoms with E-state index in [4.69, 9.17) is 25.8 Å². The van der Waals surface area contributed by atoms with E-state index < -0.39 is 0 Å². The maximum absolute atomic E-state index is 13.2. The molecular formula is C23H27ClN4O4S. The number of aryl methyl sites for hydroxylation is 1. The molecule has 0 saturated carbocycles. The molecule has 1 saturated heterocycles. The molecule has 0 spiro atoms. The zero-order chi connectivity index (χ0) is 23.4. The fourth-order valence-corrected chi connectivity index (χ4v) is 5.24. The molecule has 8 nitrogen and oxygen atoms in total. The normalized spacial score (nSPS) is 15.5. The van der Waals surface area contributed by atoms with Gasteiger partial charge in [-0.3, -0.25) is 9.69 Å². The van der Waals surface area contributed by atoms with Crippen molar-refractivity contribution in [3.63, 3.8) is 0 Å². The Hall–Kier alpha value is -2.30. The first-order valence-electron chi connectivity index (χ1n) is 10.7. The van der Waals surface area contributed by atoms with Gasteiger partial charge in [0.25, 0.3) is 5.91 Å². The Kier molecular flexibility index (Phi) is 7.77. The summed E-state index contributed by atoms with van der Waals surface area (Å²) in [5.74, 6) is 0.829. The van der Waals surface area contributed by atoms with Gasteiger partial charge < -0.3 is 19.5 Å². The molecule has 3 aromatic rings. The molecule has 10 heteroatoms. The molecule has 33 heavy (non-hydrogen) atoms. The molecule has 1 aromatic carbocycles. The average Bonchev–Trinajstić information content (AvgIpc) is 3.17. The number of halogens is 1. The summed E-state index contributed by atoms with van der Waals surface area (Å²) in [6.45, 7) is 5.60. The summed E-state index contributed by atoms with van der Waals surface area (Å²) in [5, 5.41) is 4.58. The number of ether oxygens (including phenoxy) is 3. The maximum atomic E-state index is 13.2. The second kappa shape index (κ2) is 10.8. The molecule has 1 aliphatic heterocycles. The van der Waals surface area contributed by atoms with E-state index in [1.807, 2.05) is 31.2 Å². The Morgan fingerprint density at radius 1 is 1.24 bits per heavy atom. The van der Waals surface area contributed by atoms with Crippen LogP contribution in [-0.4, -0.2) is 67.8 Å². The number of aromatic nitrogens is 2. The van der Waals surface area contributed by atoms with E-state index in [-0.39, 0.29) is 18.6 Å². The van der Waals surface area contributed by atoms with Crippen LogP contribution in [0.25, 0.3) is 10.2 Å². The number of nitrogens with one attached hydrogen (secondary N) is 1. The first-order chi connectivity index (χ1) is 16.0. The third-order valence-electron chi connectivity index (χ3n) is 5.67. The van der Waals surface area contributed by atoms with Crippen molar-refractivity contribution in [2.45, 2.75) is 19.6 Å².